The van der Waals surface area contributed by atoms with Gasteiger partial charge in [-0.2, -0.15) is 15.2 Å². The highest BCUT2D eigenvalue weighted by atomic mass is 35.5. The van der Waals surface area contributed by atoms with Crippen LogP contribution in [-0.2, 0) is 20.6 Å². The van der Waals surface area contributed by atoms with Crippen LogP contribution in [0.3, 0.4) is 0 Å². The van der Waals surface area contributed by atoms with Crippen molar-refractivity contribution in [2.45, 2.75) is 20.4 Å². The van der Waals surface area contributed by atoms with E-state index < -0.39 is 0 Å². The highest BCUT2D eigenvalue weighted by Crippen LogP contribution is 2.53. The largest absolute Gasteiger partial charge is 0.354 e. The summed E-state index contributed by atoms with van der Waals surface area (Å²) in [4.78, 5) is 13.9. The third kappa shape index (κ3) is 3.65. The standard InChI is InChI=1S/C21H28ClN9/c1-20-11-30(10-15-5-6-28(3)27-15)12-21(20,2)14-31(13-20)18-17(22)8-23-19(26-18)25-16-7-24-29(4)9-16/h5-9H,10-14H2,1-4H3,(H,23,25,26)/t20-,21+. The summed E-state index contributed by atoms with van der Waals surface area (Å²) in [6.45, 7) is 9.53. The Hall–Kier alpha value is -2.65. The van der Waals surface area contributed by atoms with Crippen LogP contribution in [0, 0.1) is 10.8 Å². The zero-order valence-electron chi connectivity index (χ0n) is 18.4. The molecule has 2 atom stereocenters. The molecule has 10 heteroatoms. The maximum Gasteiger partial charge on any atom is 0.229 e. The van der Waals surface area contributed by atoms with Crippen molar-refractivity contribution in [3.63, 3.8) is 0 Å². The third-order valence-corrected chi connectivity index (χ3v) is 7.09. The monoisotopic (exact) mass is 441 g/mol. The number of aromatic nitrogens is 6. The Labute approximate surface area is 187 Å². The van der Waals surface area contributed by atoms with E-state index in [1.807, 2.05) is 31.2 Å². The van der Waals surface area contributed by atoms with Gasteiger partial charge in [-0.15, -0.1) is 0 Å². The van der Waals surface area contributed by atoms with Crippen LogP contribution in [-0.4, -0.2) is 60.6 Å². The normalized spacial score (nSPS) is 25.9. The molecule has 3 aromatic heterocycles. The fourth-order valence-electron chi connectivity index (χ4n) is 5.10. The van der Waals surface area contributed by atoms with Crippen molar-refractivity contribution in [1.82, 2.24) is 34.4 Å². The van der Waals surface area contributed by atoms with E-state index in [0.29, 0.717) is 11.0 Å². The lowest BCUT2D eigenvalue weighted by Gasteiger charge is -2.30. The minimum atomic E-state index is 0.146. The van der Waals surface area contributed by atoms with E-state index in [4.69, 9.17) is 16.6 Å². The van der Waals surface area contributed by atoms with Crippen LogP contribution in [0.15, 0.2) is 30.9 Å². The average Bonchev–Trinajstić information content (AvgIpc) is 3.40. The highest BCUT2D eigenvalue weighted by Gasteiger charge is 2.57. The van der Waals surface area contributed by atoms with Gasteiger partial charge in [0.25, 0.3) is 0 Å². The van der Waals surface area contributed by atoms with Gasteiger partial charge in [0.2, 0.25) is 5.95 Å². The molecule has 5 rings (SSSR count). The van der Waals surface area contributed by atoms with Crippen molar-refractivity contribution in [3.05, 3.63) is 41.6 Å². The van der Waals surface area contributed by atoms with Crippen LogP contribution >= 0.6 is 11.6 Å². The van der Waals surface area contributed by atoms with E-state index in [-0.39, 0.29) is 10.8 Å². The number of rotatable bonds is 5. The first-order valence-electron chi connectivity index (χ1n) is 10.5. The first-order valence-corrected chi connectivity index (χ1v) is 10.8. The Balaban J connectivity index is 1.33. The van der Waals surface area contributed by atoms with Gasteiger partial charge in [0.1, 0.15) is 5.02 Å². The van der Waals surface area contributed by atoms with Crippen LogP contribution in [0.2, 0.25) is 5.02 Å². The lowest BCUT2D eigenvalue weighted by atomic mass is 9.71. The third-order valence-electron chi connectivity index (χ3n) is 6.82. The molecular weight excluding hydrogens is 414 g/mol. The lowest BCUT2D eigenvalue weighted by Crippen LogP contribution is -2.34. The minimum absolute atomic E-state index is 0.146. The van der Waals surface area contributed by atoms with E-state index in [2.05, 4.69) is 50.2 Å². The summed E-state index contributed by atoms with van der Waals surface area (Å²) < 4.78 is 3.60. The van der Waals surface area contributed by atoms with E-state index in [9.17, 15) is 0 Å². The molecule has 0 aromatic carbocycles. The molecule has 2 fully saturated rings. The molecule has 0 unspecified atom stereocenters. The maximum absolute atomic E-state index is 6.54. The summed E-state index contributed by atoms with van der Waals surface area (Å²) >= 11 is 6.54. The van der Waals surface area contributed by atoms with Crippen LogP contribution in [0.25, 0.3) is 0 Å². The van der Waals surface area contributed by atoms with Crippen LogP contribution in [0.1, 0.15) is 19.5 Å². The Morgan fingerprint density at radius 2 is 1.81 bits per heavy atom. The topological polar surface area (TPSA) is 79.9 Å². The zero-order valence-corrected chi connectivity index (χ0v) is 19.1. The Bertz CT molecular complexity index is 1090. The van der Waals surface area contributed by atoms with Crippen molar-refractivity contribution in [1.29, 1.82) is 0 Å². The summed E-state index contributed by atoms with van der Waals surface area (Å²) in [5.74, 6) is 1.31. The molecule has 0 spiro atoms. The molecule has 2 aliphatic heterocycles. The predicted molar refractivity (Wildman–Crippen MR) is 120 cm³/mol. The number of likely N-dealkylation sites (tertiary alicyclic amines) is 1. The van der Waals surface area contributed by atoms with Gasteiger partial charge >= 0.3 is 0 Å². The highest BCUT2D eigenvalue weighted by molar-refractivity contribution is 6.32. The second-order valence-corrected chi connectivity index (χ2v) is 9.90. The first-order chi connectivity index (χ1) is 14.7. The van der Waals surface area contributed by atoms with E-state index >= 15 is 0 Å². The molecule has 2 saturated heterocycles. The number of nitrogens with zero attached hydrogens (tertiary/aromatic N) is 8. The van der Waals surface area contributed by atoms with Gasteiger partial charge in [-0.1, -0.05) is 25.4 Å². The quantitative estimate of drug-likeness (QED) is 0.652. The number of hydrogen-bond acceptors (Lipinski definition) is 7. The van der Waals surface area contributed by atoms with Crippen LogP contribution in [0.5, 0.6) is 0 Å². The SMILES string of the molecule is Cn1cc(Nc2ncc(Cl)c(N3C[C@]4(C)CN(Cc5ccn(C)n5)C[C@]4(C)C3)n2)cn1. The molecule has 2 aliphatic rings. The van der Waals surface area contributed by atoms with Gasteiger partial charge < -0.3 is 10.2 Å². The van der Waals surface area contributed by atoms with Gasteiger partial charge in [0.15, 0.2) is 5.82 Å². The van der Waals surface area contributed by atoms with Crippen LogP contribution < -0.4 is 10.2 Å². The molecular formula is C21H28ClN9. The van der Waals surface area contributed by atoms with Crippen molar-refractivity contribution >= 4 is 29.1 Å². The van der Waals surface area contributed by atoms with Gasteiger partial charge in [0.05, 0.1) is 23.8 Å². The van der Waals surface area contributed by atoms with E-state index in [0.717, 1.165) is 49.9 Å². The Morgan fingerprint density at radius 3 is 2.42 bits per heavy atom. The van der Waals surface area contributed by atoms with Gasteiger partial charge in [-0.25, -0.2) is 4.98 Å². The second-order valence-electron chi connectivity index (χ2n) is 9.50. The fourth-order valence-corrected chi connectivity index (χ4v) is 5.31. The van der Waals surface area contributed by atoms with E-state index in [1.165, 1.54) is 0 Å². The molecule has 0 aliphatic carbocycles. The summed E-state index contributed by atoms with van der Waals surface area (Å²) in [5, 5.41) is 12.5. The van der Waals surface area contributed by atoms with Crippen molar-refractivity contribution in [2.75, 3.05) is 36.4 Å². The average molecular weight is 442 g/mol. The molecule has 3 aromatic rings. The molecule has 31 heavy (non-hydrogen) atoms. The predicted octanol–water partition coefficient (Wildman–Crippen LogP) is 2.69. The number of anilines is 3. The smallest absolute Gasteiger partial charge is 0.229 e. The minimum Gasteiger partial charge on any atom is -0.354 e. The molecule has 0 saturated carbocycles. The number of aryl methyl sites for hydroxylation is 2. The summed E-state index contributed by atoms with van der Waals surface area (Å²) in [7, 11) is 3.84. The summed E-state index contributed by atoms with van der Waals surface area (Å²) in [6, 6.07) is 2.10. The maximum atomic E-state index is 6.54. The number of fused-ring (bicyclic) bond motifs is 1. The molecule has 0 amide bonds. The number of halogens is 1. The fraction of sp³-hybridized carbons (Fsp3) is 0.524. The number of nitrogens with one attached hydrogen (secondary N) is 1. The number of hydrogen-bond donors (Lipinski definition) is 1. The Morgan fingerprint density at radius 1 is 1.06 bits per heavy atom. The van der Waals surface area contributed by atoms with E-state index in [1.54, 1.807) is 17.1 Å². The molecule has 0 radical (unpaired) electrons. The zero-order chi connectivity index (χ0) is 21.8. The Kier molecular flexibility index (Phi) is 4.71. The lowest BCUT2D eigenvalue weighted by molar-refractivity contribution is 0.212. The molecule has 0 bridgehead atoms. The van der Waals surface area contributed by atoms with Gasteiger partial charge in [-0.05, 0) is 6.07 Å². The molecule has 164 valence electrons. The van der Waals surface area contributed by atoms with Crippen LogP contribution in [0.4, 0.5) is 17.5 Å². The second kappa shape index (κ2) is 7.20. The first kappa shape index (κ1) is 20.3. The van der Waals surface area contributed by atoms with Crippen molar-refractivity contribution in [3.8, 4) is 0 Å². The van der Waals surface area contributed by atoms with Crippen molar-refractivity contribution < 1.29 is 0 Å². The molecule has 5 heterocycles. The summed E-state index contributed by atoms with van der Waals surface area (Å²) in [6.07, 6.45) is 7.31. The summed E-state index contributed by atoms with van der Waals surface area (Å²) in [5.41, 5.74) is 2.26. The molecule has 9 nitrogen and oxygen atoms in total. The van der Waals surface area contributed by atoms with Crippen molar-refractivity contribution in [2.24, 2.45) is 24.9 Å². The van der Waals surface area contributed by atoms with Gasteiger partial charge in [0, 0.05) is 70.0 Å². The molecule has 1 N–H and O–H groups in total. The van der Waals surface area contributed by atoms with Gasteiger partial charge in [-0.3, -0.25) is 14.3 Å².